The number of rotatable bonds is 3. The van der Waals surface area contributed by atoms with Gasteiger partial charge in [0.05, 0.1) is 0 Å². The van der Waals surface area contributed by atoms with Gasteiger partial charge < -0.3 is 10.5 Å². The lowest BCUT2D eigenvalue weighted by molar-refractivity contribution is 0.225. The lowest BCUT2D eigenvalue weighted by Crippen LogP contribution is -2.17. The van der Waals surface area contributed by atoms with E-state index in [0.29, 0.717) is 6.54 Å². The second-order valence-corrected chi connectivity index (χ2v) is 5.18. The molecule has 1 aliphatic rings. The maximum atomic E-state index is 6.09. The van der Waals surface area contributed by atoms with Gasteiger partial charge in [0.1, 0.15) is 11.9 Å². The Balaban J connectivity index is 2.00. The highest BCUT2D eigenvalue weighted by Gasteiger charge is 2.24. The van der Waals surface area contributed by atoms with Gasteiger partial charge in [-0.05, 0) is 31.0 Å². The summed E-state index contributed by atoms with van der Waals surface area (Å²) >= 11 is 0. The molecular weight excluding hydrogens is 234 g/mol. The van der Waals surface area contributed by atoms with Crippen LogP contribution in [0.2, 0.25) is 0 Å². The van der Waals surface area contributed by atoms with E-state index >= 15 is 0 Å². The molecule has 2 N–H and O–H groups in total. The van der Waals surface area contributed by atoms with E-state index in [0.717, 1.165) is 18.6 Å². The maximum Gasteiger partial charge on any atom is 0.130 e. The van der Waals surface area contributed by atoms with E-state index in [1.165, 1.54) is 22.3 Å². The minimum atomic E-state index is 0.242. The van der Waals surface area contributed by atoms with Crippen LogP contribution in [-0.2, 0) is 6.42 Å². The summed E-state index contributed by atoms with van der Waals surface area (Å²) in [6.45, 7) is 2.79. The van der Waals surface area contributed by atoms with Crippen LogP contribution in [0.1, 0.15) is 17.5 Å². The van der Waals surface area contributed by atoms with Crippen LogP contribution in [0.15, 0.2) is 42.5 Å². The van der Waals surface area contributed by atoms with E-state index in [1.807, 2.05) is 0 Å². The van der Waals surface area contributed by atoms with E-state index in [1.54, 1.807) is 0 Å². The molecule has 2 aromatic rings. The van der Waals surface area contributed by atoms with Gasteiger partial charge in [-0.1, -0.05) is 48.0 Å². The molecule has 2 heteroatoms. The summed E-state index contributed by atoms with van der Waals surface area (Å²) in [7, 11) is 0. The van der Waals surface area contributed by atoms with Gasteiger partial charge in [0, 0.05) is 12.0 Å². The normalized spacial score (nSPS) is 17.1. The highest BCUT2D eigenvalue weighted by Crippen LogP contribution is 2.39. The number of hydrogen-bond donors (Lipinski definition) is 1. The van der Waals surface area contributed by atoms with Crippen molar-refractivity contribution in [3.63, 3.8) is 0 Å². The Kier molecular flexibility index (Phi) is 3.26. The maximum absolute atomic E-state index is 6.09. The van der Waals surface area contributed by atoms with Crippen molar-refractivity contribution >= 4 is 0 Å². The van der Waals surface area contributed by atoms with Gasteiger partial charge in [-0.3, -0.25) is 0 Å². The molecule has 0 amide bonds. The molecule has 1 heterocycles. The Hall–Kier alpha value is -1.80. The Morgan fingerprint density at radius 1 is 1.21 bits per heavy atom. The minimum absolute atomic E-state index is 0.242. The van der Waals surface area contributed by atoms with Crippen LogP contribution in [0.25, 0.3) is 11.1 Å². The zero-order valence-electron chi connectivity index (χ0n) is 11.2. The predicted molar refractivity (Wildman–Crippen MR) is 78.4 cm³/mol. The third kappa shape index (κ3) is 2.36. The molecule has 0 radical (unpaired) electrons. The fraction of sp³-hybridized carbons (Fsp3) is 0.294. The van der Waals surface area contributed by atoms with Crippen molar-refractivity contribution in [3.05, 3.63) is 53.6 Å². The number of fused-ring (bicyclic) bond motifs is 1. The smallest absolute Gasteiger partial charge is 0.130 e. The van der Waals surface area contributed by atoms with E-state index < -0.39 is 0 Å². The van der Waals surface area contributed by atoms with Crippen molar-refractivity contribution in [1.29, 1.82) is 0 Å². The lowest BCUT2D eigenvalue weighted by atomic mass is 9.99. The minimum Gasteiger partial charge on any atom is -0.489 e. The topological polar surface area (TPSA) is 35.2 Å². The van der Waals surface area contributed by atoms with Gasteiger partial charge in [0.15, 0.2) is 0 Å². The third-order valence-corrected chi connectivity index (χ3v) is 3.65. The van der Waals surface area contributed by atoms with Crippen molar-refractivity contribution < 1.29 is 4.74 Å². The van der Waals surface area contributed by atoms with Crippen molar-refractivity contribution in [1.82, 2.24) is 0 Å². The largest absolute Gasteiger partial charge is 0.489 e. The summed E-state index contributed by atoms with van der Waals surface area (Å²) in [5.74, 6) is 1.05. The standard InChI is InChI=1S/C17H19NO/c1-12-4-2-5-13(10-12)16-7-3-6-14-11-15(8-9-18)19-17(14)16/h2-7,10,15H,8-9,11,18H2,1H3/t15-/m0/s1. The Morgan fingerprint density at radius 3 is 2.84 bits per heavy atom. The monoisotopic (exact) mass is 253 g/mol. The van der Waals surface area contributed by atoms with Crippen LogP contribution >= 0.6 is 0 Å². The molecule has 19 heavy (non-hydrogen) atoms. The second kappa shape index (κ2) is 5.06. The molecule has 1 atom stereocenters. The molecule has 0 unspecified atom stereocenters. The van der Waals surface area contributed by atoms with E-state index in [9.17, 15) is 0 Å². The highest BCUT2D eigenvalue weighted by atomic mass is 16.5. The van der Waals surface area contributed by atoms with Gasteiger partial charge in [0.25, 0.3) is 0 Å². The highest BCUT2D eigenvalue weighted by molar-refractivity contribution is 5.73. The quantitative estimate of drug-likeness (QED) is 0.910. The molecule has 0 aromatic heterocycles. The third-order valence-electron chi connectivity index (χ3n) is 3.65. The molecule has 0 bridgehead atoms. The van der Waals surface area contributed by atoms with Crippen molar-refractivity contribution in [2.24, 2.45) is 5.73 Å². The number of nitrogens with two attached hydrogens (primary N) is 1. The Morgan fingerprint density at radius 2 is 2.05 bits per heavy atom. The first-order valence-corrected chi connectivity index (χ1v) is 6.83. The number of aryl methyl sites for hydroxylation is 1. The molecule has 0 fully saturated rings. The SMILES string of the molecule is Cc1cccc(-c2cccc3c2O[C@@H](CCN)C3)c1. The van der Waals surface area contributed by atoms with Crippen LogP contribution in [0.3, 0.4) is 0 Å². The summed E-state index contributed by atoms with van der Waals surface area (Å²) < 4.78 is 6.09. The number of ether oxygens (including phenoxy) is 1. The first-order chi connectivity index (χ1) is 9.28. The van der Waals surface area contributed by atoms with E-state index in [-0.39, 0.29) is 6.10 Å². The summed E-state index contributed by atoms with van der Waals surface area (Å²) in [5.41, 5.74) is 10.6. The molecule has 0 saturated heterocycles. The summed E-state index contributed by atoms with van der Waals surface area (Å²) in [6.07, 6.45) is 2.14. The predicted octanol–water partition coefficient (Wildman–Crippen LogP) is 3.31. The molecule has 3 rings (SSSR count). The van der Waals surface area contributed by atoms with Gasteiger partial charge in [0.2, 0.25) is 0 Å². The first kappa shape index (κ1) is 12.2. The molecule has 2 aromatic carbocycles. The zero-order chi connectivity index (χ0) is 13.2. The van der Waals surface area contributed by atoms with Crippen LogP contribution in [0.5, 0.6) is 5.75 Å². The fourth-order valence-corrected chi connectivity index (χ4v) is 2.73. The Labute approximate surface area is 114 Å². The average molecular weight is 253 g/mol. The van der Waals surface area contributed by atoms with E-state index in [4.69, 9.17) is 10.5 Å². The zero-order valence-corrected chi connectivity index (χ0v) is 11.2. The molecule has 2 nitrogen and oxygen atoms in total. The summed E-state index contributed by atoms with van der Waals surface area (Å²) in [5, 5.41) is 0. The van der Waals surface area contributed by atoms with Crippen LogP contribution < -0.4 is 10.5 Å². The molecule has 0 aliphatic carbocycles. The average Bonchev–Trinajstić information content (AvgIpc) is 2.81. The van der Waals surface area contributed by atoms with Gasteiger partial charge in [-0.15, -0.1) is 0 Å². The molecule has 0 spiro atoms. The molecule has 98 valence electrons. The van der Waals surface area contributed by atoms with Crippen molar-refractivity contribution in [2.45, 2.75) is 25.9 Å². The van der Waals surface area contributed by atoms with E-state index in [2.05, 4.69) is 49.4 Å². The van der Waals surface area contributed by atoms with Crippen LogP contribution in [0, 0.1) is 6.92 Å². The fourth-order valence-electron chi connectivity index (χ4n) is 2.73. The lowest BCUT2D eigenvalue weighted by Gasteiger charge is -2.12. The van der Waals surface area contributed by atoms with Gasteiger partial charge >= 0.3 is 0 Å². The van der Waals surface area contributed by atoms with Crippen LogP contribution in [-0.4, -0.2) is 12.6 Å². The van der Waals surface area contributed by atoms with Crippen LogP contribution in [0.4, 0.5) is 0 Å². The van der Waals surface area contributed by atoms with Crippen molar-refractivity contribution in [3.8, 4) is 16.9 Å². The van der Waals surface area contributed by atoms with Gasteiger partial charge in [-0.25, -0.2) is 0 Å². The molecule has 1 aliphatic heterocycles. The molecular formula is C17H19NO. The van der Waals surface area contributed by atoms with Gasteiger partial charge in [-0.2, -0.15) is 0 Å². The summed E-state index contributed by atoms with van der Waals surface area (Å²) in [4.78, 5) is 0. The summed E-state index contributed by atoms with van der Waals surface area (Å²) in [6, 6.07) is 15.0. The number of para-hydroxylation sites is 1. The second-order valence-electron chi connectivity index (χ2n) is 5.18. The number of hydrogen-bond acceptors (Lipinski definition) is 2. The Bertz CT molecular complexity index is 592. The molecule has 0 saturated carbocycles. The number of benzene rings is 2. The first-order valence-electron chi connectivity index (χ1n) is 6.83. The van der Waals surface area contributed by atoms with Crippen molar-refractivity contribution in [2.75, 3.05) is 6.54 Å².